The van der Waals surface area contributed by atoms with Gasteiger partial charge < -0.3 is 15.3 Å². The van der Waals surface area contributed by atoms with Crippen LogP contribution in [0.3, 0.4) is 0 Å². The largest absolute Gasteiger partial charge is 0.480 e. The summed E-state index contributed by atoms with van der Waals surface area (Å²) in [4.78, 5) is 25.1. The fourth-order valence-electron chi connectivity index (χ4n) is 3.64. The first-order chi connectivity index (χ1) is 8.66. The van der Waals surface area contributed by atoms with E-state index in [4.69, 9.17) is 0 Å². The van der Waals surface area contributed by atoms with Crippen LogP contribution in [-0.4, -0.2) is 40.6 Å². The highest BCUT2D eigenvalue weighted by Gasteiger charge is 2.49. The predicted octanol–water partition coefficient (Wildman–Crippen LogP) is 1.43. The Morgan fingerprint density at radius 2 is 1.83 bits per heavy atom. The third kappa shape index (κ3) is 1.85. The Morgan fingerprint density at radius 1 is 1.11 bits per heavy atom. The van der Waals surface area contributed by atoms with Crippen LogP contribution in [0.2, 0.25) is 0 Å². The van der Waals surface area contributed by atoms with Crippen molar-refractivity contribution in [2.24, 2.45) is 11.8 Å². The van der Waals surface area contributed by atoms with Gasteiger partial charge in [0.25, 0.3) is 0 Å². The summed E-state index contributed by atoms with van der Waals surface area (Å²) in [5, 5.41) is 12.3. The molecule has 0 aromatic heterocycles. The Hall–Kier alpha value is -1.26. The number of hydrogen-bond donors (Lipinski definition) is 2. The van der Waals surface area contributed by atoms with E-state index in [1.54, 1.807) is 4.90 Å². The summed E-state index contributed by atoms with van der Waals surface area (Å²) in [5.41, 5.74) is 0. The summed E-state index contributed by atoms with van der Waals surface area (Å²) in [6.07, 6.45) is 6.36. The summed E-state index contributed by atoms with van der Waals surface area (Å²) in [6.45, 7) is 0.625. The number of hydrogen-bond acceptors (Lipinski definition) is 2. The lowest BCUT2D eigenvalue weighted by molar-refractivity contribution is -0.142. The Kier molecular flexibility index (Phi) is 2.92. The lowest BCUT2D eigenvalue weighted by Gasteiger charge is -2.31. The number of carbonyl (C=O) groups excluding carboxylic acids is 1. The van der Waals surface area contributed by atoms with E-state index in [1.807, 2.05) is 0 Å². The summed E-state index contributed by atoms with van der Waals surface area (Å²) >= 11 is 0. The van der Waals surface area contributed by atoms with Crippen molar-refractivity contribution >= 4 is 12.0 Å². The lowest BCUT2D eigenvalue weighted by atomic mass is 9.93. The van der Waals surface area contributed by atoms with Crippen molar-refractivity contribution in [3.63, 3.8) is 0 Å². The molecule has 2 N–H and O–H groups in total. The van der Waals surface area contributed by atoms with Gasteiger partial charge in [-0.25, -0.2) is 9.59 Å². The molecule has 1 saturated heterocycles. The van der Waals surface area contributed by atoms with Gasteiger partial charge in [-0.15, -0.1) is 0 Å². The topological polar surface area (TPSA) is 69.6 Å². The maximum absolute atomic E-state index is 12.1. The van der Waals surface area contributed by atoms with Crippen molar-refractivity contribution in [3.8, 4) is 0 Å². The first-order valence-corrected chi connectivity index (χ1v) is 6.97. The minimum atomic E-state index is -0.840. The second-order valence-corrected chi connectivity index (χ2v) is 5.87. The molecule has 18 heavy (non-hydrogen) atoms. The molecule has 1 aliphatic heterocycles. The van der Waals surface area contributed by atoms with Gasteiger partial charge in [-0.3, -0.25) is 0 Å². The summed E-state index contributed by atoms with van der Waals surface area (Å²) in [7, 11) is 0. The molecule has 3 rings (SSSR count). The number of carbonyl (C=O) groups is 2. The van der Waals surface area contributed by atoms with Gasteiger partial charge in [0.15, 0.2) is 0 Å². The molecule has 0 aromatic rings. The number of fused-ring (bicyclic) bond motifs is 1. The maximum atomic E-state index is 12.1. The number of urea groups is 1. The van der Waals surface area contributed by atoms with E-state index < -0.39 is 12.0 Å². The van der Waals surface area contributed by atoms with Crippen molar-refractivity contribution in [2.75, 3.05) is 6.54 Å². The number of nitrogens with one attached hydrogen (secondary N) is 1. The molecule has 2 amide bonds. The zero-order valence-corrected chi connectivity index (χ0v) is 10.5. The molecule has 2 saturated carbocycles. The molecule has 3 fully saturated rings. The van der Waals surface area contributed by atoms with Crippen LogP contribution in [0.1, 0.15) is 38.5 Å². The highest BCUT2D eigenvalue weighted by Crippen LogP contribution is 2.42. The SMILES string of the molecule is O=C(O)C1C2CCCC2CN1C(=O)NC1CCC1. The van der Waals surface area contributed by atoms with Crippen LogP contribution in [0, 0.1) is 11.8 Å². The quantitative estimate of drug-likeness (QED) is 0.781. The molecule has 1 heterocycles. The molecule has 3 aliphatic rings. The fraction of sp³-hybridized carbons (Fsp3) is 0.846. The first kappa shape index (κ1) is 11.8. The second-order valence-electron chi connectivity index (χ2n) is 5.87. The second kappa shape index (κ2) is 4.44. The van der Waals surface area contributed by atoms with Gasteiger partial charge in [-0.2, -0.15) is 0 Å². The molecule has 0 radical (unpaired) electrons. The van der Waals surface area contributed by atoms with Crippen molar-refractivity contribution in [3.05, 3.63) is 0 Å². The molecule has 5 heteroatoms. The number of nitrogens with zero attached hydrogens (tertiary/aromatic N) is 1. The van der Waals surface area contributed by atoms with Crippen LogP contribution in [0.25, 0.3) is 0 Å². The van der Waals surface area contributed by atoms with Crippen LogP contribution < -0.4 is 5.32 Å². The number of carboxylic acids is 1. The van der Waals surface area contributed by atoms with Crippen molar-refractivity contribution < 1.29 is 14.7 Å². The Balaban J connectivity index is 1.69. The zero-order valence-electron chi connectivity index (χ0n) is 10.5. The van der Waals surface area contributed by atoms with Gasteiger partial charge >= 0.3 is 12.0 Å². The number of likely N-dealkylation sites (tertiary alicyclic amines) is 1. The van der Waals surface area contributed by atoms with E-state index >= 15 is 0 Å². The highest BCUT2D eigenvalue weighted by molar-refractivity contribution is 5.84. The van der Waals surface area contributed by atoms with E-state index in [0.29, 0.717) is 12.5 Å². The molecule has 0 bridgehead atoms. The number of rotatable bonds is 2. The normalized spacial score (nSPS) is 35.1. The summed E-state index contributed by atoms with van der Waals surface area (Å²) < 4.78 is 0. The maximum Gasteiger partial charge on any atom is 0.326 e. The zero-order chi connectivity index (χ0) is 12.7. The van der Waals surface area contributed by atoms with Gasteiger partial charge in [0, 0.05) is 12.6 Å². The molecular formula is C13H20N2O3. The van der Waals surface area contributed by atoms with E-state index in [-0.39, 0.29) is 18.0 Å². The Morgan fingerprint density at radius 3 is 2.44 bits per heavy atom. The van der Waals surface area contributed by atoms with E-state index in [2.05, 4.69) is 5.32 Å². The molecule has 2 aliphatic carbocycles. The van der Waals surface area contributed by atoms with Gasteiger partial charge in [-0.1, -0.05) is 6.42 Å². The minimum absolute atomic E-state index is 0.165. The summed E-state index contributed by atoms with van der Waals surface area (Å²) in [5.74, 6) is -0.263. The molecular weight excluding hydrogens is 232 g/mol. The van der Waals surface area contributed by atoms with Crippen LogP contribution in [0.5, 0.6) is 0 Å². The van der Waals surface area contributed by atoms with E-state index in [9.17, 15) is 14.7 Å². The van der Waals surface area contributed by atoms with Gasteiger partial charge in [0.1, 0.15) is 6.04 Å². The third-order valence-electron chi connectivity index (χ3n) is 4.84. The number of aliphatic carboxylic acids is 1. The smallest absolute Gasteiger partial charge is 0.326 e. The fourth-order valence-corrected chi connectivity index (χ4v) is 3.64. The van der Waals surface area contributed by atoms with E-state index in [0.717, 1.165) is 32.1 Å². The Labute approximate surface area is 107 Å². The van der Waals surface area contributed by atoms with E-state index in [1.165, 1.54) is 6.42 Å². The molecule has 100 valence electrons. The molecule has 0 aromatic carbocycles. The lowest BCUT2D eigenvalue weighted by Crippen LogP contribution is -2.51. The van der Waals surface area contributed by atoms with Crippen molar-refractivity contribution in [1.29, 1.82) is 0 Å². The van der Waals surface area contributed by atoms with Crippen molar-refractivity contribution in [1.82, 2.24) is 10.2 Å². The van der Waals surface area contributed by atoms with Crippen LogP contribution in [-0.2, 0) is 4.79 Å². The predicted molar refractivity (Wildman–Crippen MR) is 65.1 cm³/mol. The first-order valence-electron chi connectivity index (χ1n) is 6.97. The standard InChI is InChI=1S/C13H20N2O3/c16-12(17)11-10-6-1-3-8(10)7-15(11)13(18)14-9-4-2-5-9/h8-11H,1-7H2,(H,14,18)(H,16,17). The summed E-state index contributed by atoms with van der Waals surface area (Å²) in [6, 6.07) is -0.494. The third-order valence-corrected chi connectivity index (χ3v) is 4.84. The van der Waals surface area contributed by atoms with Gasteiger partial charge in [-0.05, 0) is 43.9 Å². The van der Waals surface area contributed by atoms with Gasteiger partial charge in [0.2, 0.25) is 0 Å². The Bertz CT molecular complexity index is 367. The molecule has 5 nitrogen and oxygen atoms in total. The van der Waals surface area contributed by atoms with Crippen LogP contribution in [0.15, 0.2) is 0 Å². The number of carboxylic acid groups (broad SMARTS) is 1. The van der Waals surface area contributed by atoms with Crippen molar-refractivity contribution in [2.45, 2.75) is 50.6 Å². The van der Waals surface area contributed by atoms with Crippen LogP contribution >= 0.6 is 0 Å². The average molecular weight is 252 g/mol. The van der Waals surface area contributed by atoms with Crippen LogP contribution in [0.4, 0.5) is 4.79 Å². The van der Waals surface area contributed by atoms with Gasteiger partial charge in [0.05, 0.1) is 0 Å². The molecule has 0 spiro atoms. The molecule has 3 unspecified atom stereocenters. The monoisotopic (exact) mass is 252 g/mol. The highest BCUT2D eigenvalue weighted by atomic mass is 16.4. The minimum Gasteiger partial charge on any atom is -0.480 e. The number of amides is 2. The average Bonchev–Trinajstić information content (AvgIpc) is 2.81. The molecule has 3 atom stereocenters.